The topological polar surface area (TPSA) is 58.4 Å². The first-order valence-corrected chi connectivity index (χ1v) is 8.69. The molecule has 0 bridgehead atoms. The summed E-state index contributed by atoms with van der Waals surface area (Å²) in [5.74, 6) is -3.73. The van der Waals surface area contributed by atoms with Crippen LogP contribution in [0.2, 0.25) is 0 Å². The molecule has 2 amide bonds. The Bertz CT molecular complexity index is 1010. The number of carbonyl (C=O) groups is 1. The van der Waals surface area contributed by atoms with Gasteiger partial charge in [-0.3, -0.25) is 0 Å². The largest absolute Gasteiger partial charge is 0.356 e. The molecule has 0 fully saturated rings. The zero-order valence-corrected chi connectivity index (χ0v) is 14.9. The van der Waals surface area contributed by atoms with Gasteiger partial charge in [0.1, 0.15) is 0 Å². The molecule has 2 heterocycles. The molecule has 1 aliphatic heterocycles. The number of rotatable bonds is 2. The number of hydrogen-bond acceptors (Lipinski definition) is 3. The van der Waals surface area contributed by atoms with E-state index in [-0.39, 0.29) is 18.3 Å². The minimum Gasteiger partial charge on any atom is -0.356 e. The van der Waals surface area contributed by atoms with Gasteiger partial charge in [-0.2, -0.15) is 0 Å². The van der Waals surface area contributed by atoms with Gasteiger partial charge in [-0.15, -0.1) is 0 Å². The van der Waals surface area contributed by atoms with Gasteiger partial charge in [-0.05, 0) is 6.92 Å². The molecule has 144 valence electrons. The van der Waals surface area contributed by atoms with E-state index in [9.17, 15) is 18.0 Å². The molecular weight excluding hydrogens is 371 g/mol. The van der Waals surface area contributed by atoms with Crippen LogP contribution in [0.15, 0.2) is 47.0 Å². The fourth-order valence-corrected chi connectivity index (χ4v) is 3.29. The molecule has 0 spiro atoms. The average molecular weight is 387 g/mol. The third-order valence-corrected chi connectivity index (χ3v) is 4.75. The predicted molar refractivity (Wildman–Crippen MR) is 96.0 cm³/mol. The Balaban J connectivity index is 1.59. The highest BCUT2D eigenvalue weighted by Crippen LogP contribution is 2.32. The van der Waals surface area contributed by atoms with Crippen molar-refractivity contribution in [2.75, 3.05) is 5.32 Å². The van der Waals surface area contributed by atoms with Gasteiger partial charge >= 0.3 is 6.03 Å². The number of halogens is 3. The molecule has 1 atom stereocenters. The second kappa shape index (κ2) is 7.03. The van der Waals surface area contributed by atoms with Crippen LogP contribution in [0.25, 0.3) is 11.3 Å². The fourth-order valence-electron chi connectivity index (χ4n) is 3.29. The van der Waals surface area contributed by atoms with E-state index in [1.807, 2.05) is 37.3 Å². The van der Waals surface area contributed by atoms with Gasteiger partial charge in [0.25, 0.3) is 0 Å². The maximum Gasteiger partial charge on any atom is 0.322 e. The molecule has 0 saturated heterocycles. The van der Waals surface area contributed by atoms with E-state index in [2.05, 4.69) is 10.5 Å². The van der Waals surface area contributed by atoms with E-state index < -0.39 is 23.5 Å². The SMILES string of the molecule is C[C@H]1Cc2noc(-c3ccccc3)c2CN1C(=O)Nc1cc(F)c(F)c(F)c1. The summed E-state index contributed by atoms with van der Waals surface area (Å²) >= 11 is 0. The first-order valence-electron chi connectivity index (χ1n) is 8.69. The maximum atomic E-state index is 13.4. The van der Waals surface area contributed by atoms with Crippen molar-refractivity contribution >= 4 is 11.7 Å². The zero-order valence-electron chi connectivity index (χ0n) is 14.9. The normalized spacial score (nSPS) is 16.0. The summed E-state index contributed by atoms with van der Waals surface area (Å²) in [6.45, 7) is 2.06. The second-order valence-electron chi connectivity index (χ2n) is 6.67. The van der Waals surface area contributed by atoms with Gasteiger partial charge in [0.05, 0.1) is 12.2 Å². The number of carbonyl (C=O) groups excluding carboxylic acids is 1. The molecule has 4 rings (SSSR count). The van der Waals surface area contributed by atoms with Crippen molar-refractivity contribution < 1.29 is 22.5 Å². The lowest BCUT2D eigenvalue weighted by molar-refractivity contribution is 0.182. The van der Waals surface area contributed by atoms with Crippen LogP contribution >= 0.6 is 0 Å². The molecular formula is C20H16F3N3O2. The Morgan fingerprint density at radius 2 is 1.86 bits per heavy atom. The summed E-state index contributed by atoms with van der Waals surface area (Å²) in [6.07, 6.45) is 0.477. The second-order valence-corrected chi connectivity index (χ2v) is 6.67. The highest BCUT2D eigenvalue weighted by molar-refractivity contribution is 5.89. The van der Waals surface area contributed by atoms with Crippen LogP contribution in [0.3, 0.4) is 0 Å². The Kier molecular flexibility index (Phi) is 4.54. The van der Waals surface area contributed by atoms with E-state index in [0.29, 0.717) is 12.2 Å². The highest BCUT2D eigenvalue weighted by atomic mass is 19.2. The summed E-state index contributed by atoms with van der Waals surface area (Å²) in [5, 5.41) is 6.54. The third-order valence-electron chi connectivity index (χ3n) is 4.75. The molecule has 2 aromatic carbocycles. The van der Waals surface area contributed by atoms with Crippen LogP contribution < -0.4 is 5.32 Å². The van der Waals surface area contributed by atoms with Crippen molar-refractivity contribution in [3.8, 4) is 11.3 Å². The van der Waals surface area contributed by atoms with Crippen molar-refractivity contribution in [2.45, 2.75) is 25.9 Å². The monoisotopic (exact) mass is 387 g/mol. The molecule has 1 N–H and O–H groups in total. The van der Waals surface area contributed by atoms with Crippen molar-refractivity contribution in [2.24, 2.45) is 0 Å². The van der Waals surface area contributed by atoms with Crippen LogP contribution in [-0.2, 0) is 13.0 Å². The van der Waals surface area contributed by atoms with E-state index in [4.69, 9.17) is 4.52 Å². The smallest absolute Gasteiger partial charge is 0.322 e. The van der Waals surface area contributed by atoms with Gasteiger partial charge in [-0.25, -0.2) is 18.0 Å². The van der Waals surface area contributed by atoms with Gasteiger partial charge in [0.15, 0.2) is 23.2 Å². The number of fused-ring (bicyclic) bond motifs is 1. The number of aromatic nitrogens is 1. The van der Waals surface area contributed by atoms with Gasteiger partial charge in [0, 0.05) is 41.4 Å². The van der Waals surface area contributed by atoms with E-state index in [0.717, 1.165) is 29.0 Å². The quantitative estimate of drug-likeness (QED) is 0.647. The fraction of sp³-hybridized carbons (Fsp3) is 0.200. The average Bonchev–Trinajstić information content (AvgIpc) is 3.08. The van der Waals surface area contributed by atoms with Gasteiger partial charge in [-0.1, -0.05) is 35.5 Å². The van der Waals surface area contributed by atoms with E-state index in [1.54, 1.807) is 0 Å². The Morgan fingerprint density at radius 1 is 1.18 bits per heavy atom. The van der Waals surface area contributed by atoms with Crippen LogP contribution in [0, 0.1) is 17.5 Å². The number of amides is 2. The van der Waals surface area contributed by atoms with Crippen LogP contribution in [0.1, 0.15) is 18.2 Å². The molecule has 0 radical (unpaired) electrons. The Labute approximate surface area is 158 Å². The standard InChI is InChI=1S/C20H16F3N3O2/c1-11-7-17-14(19(28-25-17)12-5-3-2-4-6-12)10-26(11)20(27)24-13-8-15(21)18(23)16(22)9-13/h2-6,8-9,11H,7,10H2,1H3,(H,24,27)/t11-/m0/s1. The van der Waals surface area contributed by atoms with Crippen LogP contribution in [-0.4, -0.2) is 22.1 Å². The molecule has 5 nitrogen and oxygen atoms in total. The molecule has 28 heavy (non-hydrogen) atoms. The van der Waals surface area contributed by atoms with Crippen LogP contribution in [0.4, 0.5) is 23.7 Å². The minimum absolute atomic E-state index is 0.159. The molecule has 3 aromatic rings. The minimum atomic E-state index is -1.58. The molecule has 1 aliphatic rings. The van der Waals surface area contributed by atoms with Crippen molar-refractivity contribution in [1.29, 1.82) is 0 Å². The molecule has 0 unspecified atom stereocenters. The number of nitrogens with zero attached hydrogens (tertiary/aromatic N) is 2. The molecule has 0 aliphatic carbocycles. The zero-order chi connectivity index (χ0) is 19.8. The molecule has 1 aromatic heterocycles. The maximum absolute atomic E-state index is 13.4. The number of hydrogen-bond donors (Lipinski definition) is 1. The van der Waals surface area contributed by atoms with Gasteiger partial charge in [0.2, 0.25) is 0 Å². The van der Waals surface area contributed by atoms with Crippen molar-refractivity contribution in [1.82, 2.24) is 10.1 Å². The summed E-state index contributed by atoms with van der Waals surface area (Å²) in [7, 11) is 0. The summed E-state index contributed by atoms with van der Waals surface area (Å²) in [4.78, 5) is 14.2. The number of nitrogens with one attached hydrogen (secondary N) is 1. The van der Waals surface area contributed by atoms with Gasteiger partial charge < -0.3 is 14.7 Å². The van der Waals surface area contributed by atoms with Crippen LogP contribution in [0.5, 0.6) is 0 Å². The van der Waals surface area contributed by atoms with Crippen molar-refractivity contribution in [3.63, 3.8) is 0 Å². The summed E-state index contributed by atoms with van der Waals surface area (Å²) in [5.41, 5.74) is 2.24. The number of anilines is 1. The van der Waals surface area contributed by atoms with E-state index >= 15 is 0 Å². The third kappa shape index (κ3) is 3.21. The number of urea groups is 1. The lowest BCUT2D eigenvalue weighted by Crippen LogP contribution is -2.44. The van der Waals surface area contributed by atoms with E-state index in [1.165, 1.54) is 4.90 Å². The van der Waals surface area contributed by atoms with Crippen molar-refractivity contribution in [3.05, 3.63) is 71.2 Å². The predicted octanol–water partition coefficient (Wildman–Crippen LogP) is 4.74. The molecule has 8 heteroatoms. The summed E-state index contributed by atoms with van der Waals surface area (Å²) in [6, 6.07) is 10.1. The highest BCUT2D eigenvalue weighted by Gasteiger charge is 2.32. The number of benzene rings is 2. The Hall–Kier alpha value is -3.29. The lowest BCUT2D eigenvalue weighted by atomic mass is 9.98. The lowest BCUT2D eigenvalue weighted by Gasteiger charge is -2.32. The first-order chi connectivity index (χ1) is 13.4. The Morgan fingerprint density at radius 3 is 2.54 bits per heavy atom. The first kappa shape index (κ1) is 18.1. The molecule has 0 saturated carbocycles. The summed E-state index contributed by atoms with van der Waals surface area (Å²) < 4.78 is 45.4.